The molecule has 0 fully saturated rings. The van der Waals surface area contributed by atoms with E-state index in [9.17, 15) is 0 Å². The summed E-state index contributed by atoms with van der Waals surface area (Å²) in [7, 11) is -2.42. The summed E-state index contributed by atoms with van der Waals surface area (Å²) in [5, 5.41) is 22.8. The summed E-state index contributed by atoms with van der Waals surface area (Å²) in [6.07, 6.45) is 11.1. The first-order valence-electron chi connectivity index (χ1n) is 8.85. The number of nitrogens with zero attached hydrogens (tertiary/aromatic N) is 1. The topological polar surface area (TPSA) is 63.5 Å². The van der Waals surface area contributed by atoms with Crippen LogP contribution in [-0.2, 0) is 0 Å². The standard InChI is InChI=1S/C16H36N.BH2O3/c1-5-9-13-17(14-10-6-2,15-11-7-3)16-12-8-4;2-1(3)4/h5-16H2,1-4H3;2-3H/q+1;-1. The van der Waals surface area contributed by atoms with Crippen LogP contribution < -0.4 is 5.02 Å². The Bertz CT molecular complexity index is 164. The van der Waals surface area contributed by atoms with E-state index >= 15 is 0 Å². The van der Waals surface area contributed by atoms with E-state index in [1.165, 1.54) is 82.0 Å². The molecule has 0 unspecified atom stereocenters. The molecule has 5 heteroatoms. The molecular weight excluding hydrogens is 265 g/mol. The normalized spacial score (nSPS) is 11.0. The average Bonchev–Trinajstić information content (AvgIpc) is 2.45. The Hall–Kier alpha value is -0.0951. The van der Waals surface area contributed by atoms with E-state index in [-0.39, 0.29) is 0 Å². The molecule has 4 nitrogen and oxygen atoms in total. The maximum atomic E-state index is 8.64. The molecule has 0 saturated heterocycles. The summed E-state index contributed by atoms with van der Waals surface area (Å²) in [6, 6.07) is 0. The van der Waals surface area contributed by atoms with Crippen molar-refractivity contribution in [2.45, 2.75) is 79.1 Å². The van der Waals surface area contributed by atoms with Crippen LogP contribution in [0.15, 0.2) is 0 Å². The van der Waals surface area contributed by atoms with Crippen LogP contribution >= 0.6 is 0 Å². The maximum absolute atomic E-state index is 8.64. The number of quaternary nitrogens is 1. The molecule has 0 aromatic carbocycles. The lowest BCUT2D eigenvalue weighted by atomic mass is 10.1. The highest BCUT2D eigenvalue weighted by Gasteiger charge is 2.24. The molecule has 0 heterocycles. The zero-order valence-corrected chi connectivity index (χ0v) is 14.8. The van der Waals surface area contributed by atoms with Crippen LogP contribution in [0.1, 0.15) is 79.1 Å². The van der Waals surface area contributed by atoms with Crippen LogP contribution in [0, 0.1) is 0 Å². The summed E-state index contributed by atoms with van der Waals surface area (Å²) in [5.41, 5.74) is 0. The lowest BCUT2D eigenvalue weighted by molar-refractivity contribution is -0.929. The van der Waals surface area contributed by atoms with Gasteiger partial charge in [0.2, 0.25) is 0 Å². The molecule has 0 saturated carbocycles. The van der Waals surface area contributed by atoms with Crippen molar-refractivity contribution in [1.29, 1.82) is 0 Å². The number of unbranched alkanes of at least 4 members (excludes halogenated alkanes) is 4. The van der Waals surface area contributed by atoms with Crippen LogP contribution in [0.2, 0.25) is 0 Å². The first kappa shape index (κ1) is 23.2. The Morgan fingerprint density at radius 2 is 0.857 bits per heavy atom. The monoisotopic (exact) mass is 303 g/mol. The van der Waals surface area contributed by atoms with E-state index in [0.717, 1.165) is 0 Å². The molecule has 0 rings (SSSR count). The fourth-order valence-corrected chi connectivity index (χ4v) is 2.64. The van der Waals surface area contributed by atoms with Gasteiger partial charge in [-0.05, 0) is 25.7 Å². The van der Waals surface area contributed by atoms with Gasteiger partial charge in [-0.3, -0.25) is 0 Å². The van der Waals surface area contributed by atoms with E-state index < -0.39 is 7.32 Å². The molecule has 0 atom stereocenters. The van der Waals surface area contributed by atoms with Crippen molar-refractivity contribution in [3.8, 4) is 0 Å². The van der Waals surface area contributed by atoms with Crippen molar-refractivity contribution < 1.29 is 19.6 Å². The number of hydrogen-bond acceptors (Lipinski definition) is 3. The van der Waals surface area contributed by atoms with Crippen LogP contribution in [-0.4, -0.2) is 48.0 Å². The fourth-order valence-electron chi connectivity index (χ4n) is 2.64. The van der Waals surface area contributed by atoms with Gasteiger partial charge in [0, 0.05) is 0 Å². The van der Waals surface area contributed by atoms with Crippen LogP contribution in [0.4, 0.5) is 0 Å². The Kier molecular flexibility index (Phi) is 18.0. The molecule has 0 amide bonds. The third-order valence-corrected chi connectivity index (χ3v) is 3.94. The first-order chi connectivity index (χ1) is 9.97. The summed E-state index contributed by atoms with van der Waals surface area (Å²) in [5.74, 6) is 0. The molecule has 0 aromatic heterocycles. The van der Waals surface area contributed by atoms with Crippen molar-refractivity contribution in [3.63, 3.8) is 0 Å². The predicted molar refractivity (Wildman–Crippen MR) is 89.6 cm³/mol. The zero-order chi connectivity index (χ0) is 16.6. The number of rotatable bonds is 12. The Balaban J connectivity index is 0. The highest BCUT2D eigenvalue weighted by Crippen LogP contribution is 2.16. The van der Waals surface area contributed by atoms with Gasteiger partial charge in [0.25, 0.3) is 0 Å². The van der Waals surface area contributed by atoms with Gasteiger partial charge < -0.3 is 19.6 Å². The van der Waals surface area contributed by atoms with Crippen molar-refractivity contribution in [3.05, 3.63) is 0 Å². The molecule has 2 N–H and O–H groups in total. The van der Waals surface area contributed by atoms with Crippen molar-refractivity contribution >= 4 is 7.32 Å². The second-order valence-corrected chi connectivity index (χ2v) is 5.98. The summed E-state index contributed by atoms with van der Waals surface area (Å²) < 4.78 is 1.42. The smallest absolute Gasteiger partial charge is 0.339 e. The molecule has 0 aliphatic heterocycles. The Labute approximate surface area is 132 Å². The van der Waals surface area contributed by atoms with E-state index in [4.69, 9.17) is 15.1 Å². The highest BCUT2D eigenvalue weighted by molar-refractivity contribution is 6.28. The minimum Gasteiger partial charge on any atom is -0.832 e. The summed E-state index contributed by atoms with van der Waals surface area (Å²) >= 11 is 0. The van der Waals surface area contributed by atoms with E-state index in [2.05, 4.69) is 27.7 Å². The number of hydrogen-bond donors (Lipinski definition) is 2. The van der Waals surface area contributed by atoms with Gasteiger partial charge >= 0.3 is 7.32 Å². The second-order valence-electron chi connectivity index (χ2n) is 5.98. The molecule has 0 spiro atoms. The van der Waals surface area contributed by atoms with Gasteiger partial charge in [-0.25, -0.2) is 0 Å². The zero-order valence-electron chi connectivity index (χ0n) is 14.8. The van der Waals surface area contributed by atoms with Crippen LogP contribution in [0.5, 0.6) is 0 Å². The largest absolute Gasteiger partial charge is 0.832 e. The molecule has 128 valence electrons. The summed E-state index contributed by atoms with van der Waals surface area (Å²) in [6.45, 7) is 15.0. The lowest BCUT2D eigenvalue weighted by Gasteiger charge is -2.39. The van der Waals surface area contributed by atoms with E-state index in [1.807, 2.05) is 0 Å². The van der Waals surface area contributed by atoms with Crippen molar-refractivity contribution in [1.82, 2.24) is 0 Å². The van der Waals surface area contributed by atoms with Crippen molar-refractivity contribution in [2.24, 2.45) is 0 Å². The second kappa shape index (κ2) is 16.3. The van der Waals surface area contributed by atoms with Gasteiger partial charge in [-0.2, -0.15) is 0 Å². The molecule has 0 radical (unpaired) electrons. The van der Waals surface area contributed by atoms with Gasteiger partial charge in [0.05, 0.1) is 26.2 Å². The third kappa shape index (κ3) is 16.1. The molecule has 0 aromatic rings. The minimum absolute atomic E-state index is 1.35. The first-order valence-corrected chi connectivity index (χ1v) is 8.85. The van der Waals surface area contributed by atoms with E-state index in [1.54, 1.807) is 0 Å². The highest BCUT2D eigenvalue weighted by atomic mass is 16.5. The van der Waals surface area contributed by atoms with Gasteiger partial charge in [0.15, 0.2) is 0 Å². The van der Waals surface area contributed by atoms with Gasteiger partial charge in [-0.15, -0.1) is 0 Å². The quantitative estimate of drug-likeness (QED) is 0.429. The predicted octanol–water partition coefficient (Wildman–Crippen LogP) is 2.32. The molecule has 0 bridgehead atoms. The molecule has 21 heavy (non-hydrogen) atoms. The van der Waals surface area contributed by atoms with Crippen LogP contribution in [0.3, 0.4) is 0 Å². The van der Waals surface area contributed by atoms with Crippen LogP contribution in [0.25, 0.3) is 0 Å². The molecular formula is C16H38BNO3. The Morgan fingerprint density at radius 1 is 0.667 bits per heavy atom. The van der Waals surface area contributed by atoms with Gasteiger partial charge in [-0.1, -0.05) is 53.4 Å². The lowest BCUT2D eigenvalue weighted by Crippen LogP contribution is -2.50. The van der Waals surface area contributed by atoms with E-state index in [0.29, 0.717) is 0 Å². The van der Waals surface area contributed by atoms with Gasteiger partial charge in [0.1, 0.15) is 0 Å². The van der Waals surface area contributed by atoms with Crippen molar-refractivity contribution in [2.75, 3.05) is 26.2 Å². The SMILES string of the molecule is CCCC[N+](CCCC)(CCCC)CCCC.[O-]B(O)O. The fraction of sp³-hybridized carbons (Fsp3) is 1.00. The molecule has 0 aliphatic rings. The maximum Gasteiger partial charge on any atom is 0.339 e. The third-order valence-electron chi connectivity index (χ3n) is 3.94. The summed E-state index contributed by atoms with van der Waals surface area (Å²) in [4.78, 5) is 0. The average molecular weight is 303 g/mol. The molecule has 0 aliphatic carbocycles. The minimum atomic E-state index is -2.42. The Morgan fingerprint density at radius 3 is 1.00 bits per heavy atom.